The van der Waals surface area contributed by atoms with Crippen LogP contribution in [0.2, 0.25) is 0 Å². The van der Waals surface area contributed by atoms with Crippen molar-refractivity contribution in [1.29, 1.82) is 0 Å². The molecule has 0 saturated heterocycles. The number of thiazole rings is 1. The van der Waals surface area contributed by atoms with Gasteiger partial charge >= 0.3 is 0 Å². The van der Waals surface area contributed by atoms with Gasteiger partial charge in [0.15, 0.2) is 9.84 Å². The summed E-state index contributed by atoms with van der Waals surface area (Å²) in [5.74, 6) is 0.447. The van der Waals surface area contributed by atoms with Gasteiger partial charge in [0.05, 0.1) is 28.8 Å². The Morgan fingerprint density at radius 2 is 1.89 bits per heavy atom. The number of pyridine rings is 1. The molecule has 0 bridgehead atoms. The van der Waals surface area contributed by atoms with Gasteiger partial charge in [-0.2, -0.15) is 0 Å². The average Bonchev–Trinajstić information content (AvgIpc) is 3.15. The van der Waals surface area contributed by atoms with Gasteiger partial charge < -0.3 is 9.72 Å². The van der Waals surface area contributed by atoms with Crippen LogP contribution in [0.25, 0.3) is 22.2 Å². The second-order valence-corrected chi connectivity index (χ2v) is 9.10. The van der Waals surface area contributed by atoms with Crippen molar-refractivity contribution in [2.75, 3.05) is 7.11 Å². The van der Waals surface area contributed by atoms with E-state index in [1.165, 1.54) is 11.3 Å². The number of aromatic nitrogens is 2. The summed E-state index contributed by atoms with van der Waals surface area (Å²) >= 11 is 1.22. The molecule has 4 aromatic rings. The van der Waals surface area contributed by atoms with Gasteiger partial charge in [0.25, 0.3) is 5.56 Å². The maximum absolute atomic E-state index is 12.5. The monoisotopic (exact) mass is 412 g/mol. The van der Waals surface area contributed by atoms with Crippen LogP contribution >= 0.6 is 11.3 Å². The second-order valence-electron chi connectivity index (χ2n) is 6.16. The Balaban J connectivity index is 1.68. The third kappa shape index (κ3) is 3.56. The maximum atomic E-state index is 12.5. The van der Waals surface area contributed by atoms with Gasteiger partial charge in [0.2, 0.25) is 0 Å². The molecule has 6 nitrogen and oxygen atoms in total. The van der Waals surface area contributed by atoms with Gasteiger partial charge in [-0.15, -0.1) is 11.3 Å². The Morgan fingerprint density at radius 3 is 2.64 bits per heavy atom. The zero-order chi connectivity index (χ0) is 19.7. The molecule has 142 valence electrons. The summed E-state index contributed by atoms with van der Waals surface area (Å²) in [5.41, 5.74) is 1.23. The fourth-order valence-corrected chi connectivity index (χ4v) is 5.32. The van der Waals surface area contributed by atoms with Gasteiger partial charge in [0.1, 0.15) is 16.5 Å². The van der Waals surface area contributed by atoms with Crippen molar-refractivity contribution in [2.45, 2.75) is 10.6 Å². The number of sulfone groups is 1. The van der Waals surface area contributed by atoms with Crippen molar-refractivity contribution in [3.63, 3.8) is 0 Å². The molecule has 0 atom stereocenters. The largest absolute Gasteiger partial charge is 0.497 e. The van der Waals surface area contributed by atoms with E-state index in [-0.39, 0.29) is 16.2 Å². The molecule has 2 aromatic heterocycles. The number of fused-ring (bicyclic) bond motifs is 1. The van der Waals surface area contributed by atoms with Gasteiger partial charge in [-0.3, -0.25) is 4.79 Å². The molecule has 8 heteroatoms. The predicted molar refractivity (Wildman–Crippen MR) is 110 cm³/mol. The van der Waals surface area contributed by atoms with Gasteiger partial charge in [0, 0.05) is 11.4 Å². The van der Waals surface area contributed by atoms with Crippen molar-refractivity contribution >= 4 is 32.1 Å². The minimum Gasteiger partial charge on any atom is -0.497 e. The van der Waals surface area contributed by atoms with Crippen LogP contribution in [0.5, 0.6) is 5.75 Å². The van der Waals surface area contributed by atoms with E-state index < -0.39 is 9.84 Å². The highest BCUT2D eigenvalue weighted by molar-refractivity contribution is 7.90. The lowest BCUT2D eigenvalue weighted by molar-refractivity contribution is 0.415. The summed E-state index contributed by atoms with van der Waals surface area (Å²) < 4.78 is 30.2. The lowest BCUT2D eigenvalue weighted by atomic mass is 10.1. The van der Waals surface area contributed by atoms with E-state index in [1.54, 1.807) is 55.0 Å². The molecule has 1 N–H and O–H groups in total. The summed E-state index contributed by atoms with van der Waals surface area (Å²) in [4.78, 5) is 20.0. The third-order valence-electron chi connectivity index (χ3n) is 4.30. The fourth-order valence-electron chi connectivity index (χ4n) is 2.87. The number of H-pyrrole nitrogens is 1. The summed E-state index contributed by atoms with van der Waals surface area (Å²) in [6.07, 6.45) is 0. The van der Waals surface area contributed by atoms with Crippen LogP contribution in [0.1, 0.15) is 5.01 Å². The number of methoxy groups -OCH3 is 1. The lowest BCUT2D eigenvalue weighted by Gasteiger charge is -2.04. The number of hydrogen-bond donors (Lipinski definition) is 1. The Labute approximate surface area is 165 Å². The third-order valence-corrected chi connectivity index (χ3v) is 6.97. The number of nitrogens with one attached hydrogen (secondary N) is 1. The highest BCUT2D eigenvalue weighted by atomic mass is 32.2. The molecule has 0 saturated carbocycles. The molecule has 0 aliphatic carbocycles. The normalized spacial score (nSPS) is 11.6. The van der Waals surface area contributed by atoms with E-state index in [0.717, 1.165) is 5.39 Å². The lowest BCUT2D eigenvalue weighted by Crippen LogP contribution is -2.09. The first-order valence-corrected chi connectivity index (χ1v) is 10.9. The quantitative estimate of drug-likeness (QED) is 0.541. The fraction of sp³-hybridized carbons (Fsp3) is 0.100. The summed E-state index contributed by atoms with van der Waals surface area (Å²) in [7, 11) is -1.92. The van der Waals surface area contributed by atoms with E-state index in [2.05, 4.69) is 9.97 Å². The van der Waals surface area contributed by atoms with E-state index >= 15 is 0 Å². The average molecular weight is 412 g/mol. The number of aromatic amines is 1. The number of rotatable bonds is 5. The second kappa shape index (κ2) is 7.21. The molecule has 0 fully saturated rings. The Bertz CT molecular complexity index is 1310. The minimum atomic E-state index is -3.49. The smallest absolute Gasteiger partial charge is 0.257 e. The van der Waals surface area contributed by atoms with E-state index in [9.17, 15) is 13.2 Å². The predicted octanol–water partition coefficient (Wildman–Crippen LogP) is 3.63. The van der Waals surface area contributed by atoms with Crippen molar-refractivity contribution in [3.8, 4) is 17.0 Å². The molecule has 2 aromatic carbocycles. The Kier molecular flexibility index (Phi) is 4.74. The van der Waals surface area contributed by atoms with Gasteiger partial charge in [-0.05, 0) is 35.7 Å². The molecule has 0 radical (unpaired) electrons. The molecule has 0 unspecified atom stereocenters. The van der Waals surface area contributed by atoms with Crippen LogP contribution in [0.15, 0.2) is 69.7 Å². The molecule has 0 amide bonds. The Morgan fingerprint density at radius 1 is 1.11 bits per heavy atom. The van der Waals surface area contributed by atoms with E-state index in [1.807, 2.05) is 12.1 Å². The molecule has 0 spiro atoms. The Hall–Kier alpha value is -2.97. The SMILES string of the molecule is COc1ccc2cc(-c3csc(CS(=O)(=O)c4ccccc4)n3)c(=O)[nH]c2c1. The van der Waals surface area contributed by atoms with Crippen molar-refractivity contribution in [2.24, 2.45) is 0 Å². The highest BCUT2D eigenvalue weighted by Crippen LogP contribution is 2.26. The molecule has 4 rings (SSSR count). The number of hydrogen-bond acceptors (Lipinski definition) is 6. The summed E-state index contributed by atoms with van der Waals surface area (Å²) in [6, 6.07) is 15.4. The van der Waals surface area contributed by atoms with Crippen LogP contribution in [0.4, 0.5) is 0 Å². The zero-order valence-electron chi connectivity index (χ0n) is 14.9. The van der Waals surface area contributed by atoms with E-state index in [4.69, 9.17) is 4.74 Å². The first kappa shape index (κ1) is 18.4. The van der Waals surface area contributed by atoms with E-state index in [0.29, 0.717) is 27.5 Å². The highest BCUT2D eigenvalue weighted by Gasteiger charge is 2.18. The van der Waals surface area contributed by atoms with Crippen LogP contribution in [-0.2, 0) is 15.6 Å². The number of benzene rings is 2. The standard InChI is InChI=1S/C20H16N2O4S2/c1-26-14-8-7-13-9-16(20(23)22-17(13)10-14)18-11-27-19(21-18)12-28(24,25)15-5-3-2-4-6-15/h2-11H,12H2,1H3,(H,22,23). The zero-order valence-corrected chi connectivity index (χ0v) is 16.5. The number of ether oxygens (including phenoxy) is 1. The first-order chi connectivity index (χ1) is 13.5. The van der Waals surface area contributed by atoms with Crippen LogP contribution in [0.3, 0.4) is 0 Å². The maximum Gasteiger partial charge on any atom is 0.257 e. The molecular formula is C20H16N2O4S2. The molecular weight excluding hydrogens is 396 g/mol. The van der Waals surface area contributed by atoms with Crippen LogP contribution < -0.4 is 10.3 Å². The van der Waals surface area contributed by atoms with Crippen LogP contribution in [0, 0.1) is 0 Å². The van der Waals surface area contributed by atoms with Crippen molar-refractivity contribution < 1.29 is 13.2 Å². The molecule has 28 heavy (non-hydrogen) atoms. The summed E-state index contributed by atoms with van der Waals surface area (Å²) in [5, 5.41) is 2.98. The molecule has 0 aliphatic heterocycles. The van der Waals surface area contributed by atoms with Crippen LogP contribution in [-0.4, -0.2) is 25.5 Å². The van der Waals surface area contributed by atoms with Crippen molar-refractivity contribution in [3.05, 3.63) is 75.3 Å². The van der Waals surface area contributed by atoms with Gasteiger partial charge in [-0.1, -0.05) is 18.2 Å². The molecule has 0 aliphatic rings. The molecule has 2 heterocycles. The first-order valence-electron chi connectivity index (χ1n) is 8.40. The topological polar surface area (TPSA) is 89.1 Å². The summed E-state index contributed by atoms with van der Waals surface area (Å²) in [6.45, 7) is 0. The van der Waals surface area contributed by atoms with Gasteiger partial charge in [-0.25, -0.2) is 13.4 Å². The number of nitrogens with zero attached hydrogens (tertiary/aromatic N) is 1. The van der Waals surface area contributed by atoms with Crippen molar-refractivity contribution in [1.82, 2.24) is 9.97 Å². The minimum absolute atomic E-state index is 0.204.